The molecule has 0 aliphatic carbocycles. The van der Waals surface area contributed by atoms with Crippen molar-refractivity contribution in [2.45, 2.75) is 13.0 Å². The average molecular weight is 398 g/mol. The molecule has 0 saturated carbocycles. The van der Waals surface area contributed by atoms with Crippen LogP contribution in [-0.4, -0.2) is 54.0 Å². The lowest BCUT2D eigenvalue weighted by atomic mass is 10.1. The molecular formula is C21H23N3O3S. The summed E-state index contributed by atoms with van der Waals surface area (Å²) in [4.78, 5) is 33.1. The van der Waals surface area contributed by atoms with E-state index in [0.717, 1.165) is 40.2 Å². The molecule has 6 nitrogen and oxygen atoms in total. The molecule has 1 N–H and O–H groups in total. The number of pyridine rings is 1. The van der Waals surface area contributed by atoms with Crippen LogP contribution in [0, 0.1) is 0 Å². The number of rotatable bonds is 5. The fourth-order valence-electron chi connectivity index (χ4n) is 3.54. The fourth-order valence-corrected chi connectivity index (χ4v) is 4.24. The van der Waals surface area contributed by atoms with Crippen molar-refractivity contribution in [1.82, 2.24) is 14.8 Å². The topological polar surface area (TPSA) is 65.6 Å². The van der Waals surface area contributed by atoms with Crippen molar-refractivity contribution >= 4 is 28.1 Å². The van der Waals surface area contributed by atoms with Gasteiger partial charge in [0, 0.05) is 49.2 Å². The highest BCUT2D eigenvalue weighted by Gasteiger charge is 2.22. The number of hydrogen-bond donors (Lipinski definition) is 1. The molecule has 1 aliphatic heterocycles. The Kier molecular flexibility index (Phi) is 5.45. The second kappa shape index (κ2) is 8.16. The van der Waals surface area contributed by atoms with E-state index in [-0.39, 0.29) is 11.5 Å². The molecule has 1 aromatic carbocycles. The van der Waals surface area contributed by atoms with Gasteiger partial charge in [0.1, 0.15) is 5.75 Å². The number of piperazine rings is 1. The Bertz CT molecular complexity index is 1020. The molecule has 3 heterocycles. The maximum atomic E-state index is 12.5. The Balaban J connectivity index is 1.38. The minimum absolute atomic E-state index is 0.0723. The molecule has 0 bridgehead atoms. The van der Waals surface area contributed by atoms with Gasteiger partial charge in [-0.2, -0.15) is 0 Å². The standard InChI is InChI=1S/C21H23N3O3S/c1-27-17-5-4-15-11-16(21(26)22-19(15)12-17)14-23-6-8-24(9-7-23)20(25)13-18-3-2-10-28-18/h2-5,10-12H,6-9,13-14H2,1H3,(H,22,26). The molecule has 0 unspecified atom stereocenters. The number of carbonyl (C=O) groups is 1. The van der Waals surface area contributed by atoms with E-state index in [0.29, 0.717) is 26.1 Å². The molecule has 0 spiro atoms. The van der Waals surface area contributed by atoms with Crippen LogP contribution in [0.5, 0.6) is 5.75 Å². The van der Waals surface area contributed by atoms with E-state index >= 15 is 0 Å². The summed E-state index contributed by atoms with van der Waals surface area (Å²) >= 11 is 1.62. The Labute approximate surface area is 167 Å². The van der Waals surface area contributed by atoms with Crippen LogP contribution in [0.25, 0.3) is 10.9 Å². The summed E-state index contributed by atoms with van der Waals surface area (Å²) < 4.78 is 5.21. The van der Waals surface area contributed by atoms with E-state index in [1.165, 1.54) is 0 Å². The third-order valence-corrected chi connectivity index (χ3v) is 6.03. The Hall–Kier alpha value is -2.64. The number of carbonyl (C=O) groups excluding carboxylic acids is 1. The van der Waals surface area contributed by atoms with Gasteiger partial charge in [0.25, 0.3) is 5.56 Å². The number of nitrogens with zero attached hydrogens (tertiary/aromatic N) is 2. The third-order valence-electron chi connectivity index (χ3n) is 5.15. The Morgan fingerprint density at radius 2 is 2.00 bits per heavy atom. The summed E-state index contributed by atoms with van der Waals surface area (Å²) in [6, 6.07) is 11.6. The number of aromatic nitrogens is 1. The summed E-state index contributed by atoms with van der Waals surface area (Å²) in [6.45, 7) is 3.54. The fraction of sp³-hybridized carbons (Fsp3) is 0.333. The monoisotopic (exact) mass is 397 g/mol. The number of hydrogen-bond acceptors (Lipinski definition) is 5. The number of amides is 1. The van der Waals surface area contributed by atoms with Crippen LogP contribution in [0.2, 0.25) is 0 Å². The minimum Gasteiger partial charge on any atom is -0.497 e. The first kappa shape index (κ1) is 18.7. The van der Waals surface area contributed by atoms with E-state index < -0.39 is 0 Å². The van der Waals surface area contributed by atoms with E-state index in [9.17, 15) is 9.59 Å². The largest absolute Gasteiger partial charge is 0.497 e. The van der Waals surface area contributed by atoms with Gasteiger partial charge < -0.3 is 14.6 Å². The molecule has 2 aromatic heterocycles. The number of thiophene rings is 1. The lowest BCUT2D eigenvalue weighted by molar-refractivity contribution is -0.132. The zero-order valence-corrected chi connectivity index (χ0v) is 16.6. The van der Waals surface area contributed by atoms with Crippen molar-refractivity contribution in [3.63, 3.8) is 0 Å². The van der Waals surface area contributed by atoms with Crippen LogP contribution in [-0.2, 0) is 17.8 Å². The first-order chi connectivity index (χ1) is 13.6. The third kappa shape index (κ3) is 4.10. The SMILES string of the molecule is COc1ccc2cc(CN3CCN(C(=O)Cc4cccs4)CC3)c(=O)[nH]c2c1. The summed E-state index contributed by atoms with van der Waals surface area (Å²) in [5.74, 6) is 0.902. The molecule has 28 heavy (non-hydrogen) atoms. The normalized spacial score (nSPS) is 15.1. The van der Waals surface area contributed by atoms with Crippen LogP contribution >= 0.6 is 11.3 Å². The van der Waals surface area contributed by atoms with E-state index in [1.54, 1.807) is 18.4 Å². The first-order valence-electron chi connectivity index (χ1n) is 9.35. The van der Waals surface area contributed by atoms with Crippen LogP contribution in [0.15, 0.2) is 46.6 Å². The molecule has 146 valence electrons. The number of nitrogens with one attached hydrogen (secondary N) is 1. The highest BCUT2D eigenvalue weighted by Crippen LogP contribution is 2.19. The number of ether oxygens (including phenoxy) is 1. The molecule has 1 amide bonds. The second-order valence-electron chi connectivity index (χ2n) is 6.99. The van der Waals surface area contributed by atoms with Gasteiger partial charge in [-0.05, 0) is 35.0 Å². The van der Waals surface area contributed by atoms with Crippen molar-refractivity contribution in [2.24, 2.45) is 0 Å². The van der Waals surface area contributed by atoms with Crippen LogP contribution in [0.1, 0.15) is 10.4 Å². The van der Waals surface area contributed by atoms with Crippen LogP contribution in [0.4, 0.5) is 0 Å². The van der Waals surface area contributed by atoms with Gasteiger partial charge in [0.15, 0.2) is 0 Å². The maximum Gasteiger partial charge on any atom is 0.252 e. The van der Waals surface area contributed by atoms with E-state index in [4.69, 9.17) is 4.74 Å². The quantitative estimate of drug-likeness (QED) is 0.718. The summed E-state index contributed by atoms with van der Waals surface area (Å²) in [6.07, 6.45) is 0.478. The van der Waals surface area contributed by atoms with Crippen LogP contribution < -0.4 is 10.3 Å². The van der Waals surface area contributed by atoms with Gasteiger partial charge in [-0.15, -0.1) is 11.3 Å². The predicted octanol–water partition coefficient (Wildman–Crippen LogP) is 2.49. The second-order valence-corrected chi connectivity index (χ2v) is 8.02. The van der Waals surface area contributed by atoms with Crippen molar-refractivity contribution in [1.29, 1.82) is 0 Å². The number of benzene rings is 1. The van der Waals surface area contributed by atoms with Crippen molar-refractivity contribution in [3.8, 4) is 5.75 Å². The Morgan fingerprint density at radius 1 is 1.18 bits per heavy atom. The lowest BCUT2D eigenvalue weighted by Crippen LogP contribution is -2.49. The number of methoxy groups -OCH3 is 1. The van der Waals surface area contributed by atoms with Crippen molar-refractivity contribution < 1.29 is 9.53 Å². The molecular weight excluding hydrogens is 374 g/mol. The molecule has 0 radical (unpaired) electrons. The first-order valence-corrected chi connectivity index (χ1v) is 10.2. The summed E-state index contributed by atoms with van der Waals surface area (Å²) in [7, 11) is 1.61. The minimum atomic E-state index is -0.0723. The molecule has 0 atom stereocenters. The van der Waals surface area contributed by atoms with Gasteiger partial charge in [-0.25, -0.2) is 0 Å². The van der Waals surface area contributed by atoms with Gasteiger partial charge in [-0.3, -0.25) is 14.5 Å². The summed E-state index contributed by atoms with van der Waals surface area (Å²) in [5, 5.41) is 2.98. The summed E-state index contributed by atoms with van der Waals surface area (Å²) in [5.41, 5.74) is 1.45. The van der Waals surface area contributed by atoms with Gasteiger partial charge in [0.2, 0.25) is 5.91 Å². The van der Waals surface area contributed by atoms with Crippen molar-refractivity contribution in [3.05, 3.63) is 62.6 Å². The molecule has 1 saturated heterocycles. The number of H-pyrrole nitrogens is 1. The van der Waals surface area contributed by atoms with E-state index in [1.807, 2.05) is 46.7 Å². The lowest BCUT2D eigenvalue weighted by Gasteiger charge is -2.34. The highest BCUT2D eigenvalue weighted by atomic mass is 32.1. The van der Waals surface area contributed by atoms with Gasteiger partial charge in [-0.1, -0.05) is 6.07 Å². The molecule has 1 aliphatic rings. The number of aromatic amines is 1. The van der Waals surface area contributed by atoms with E-state index in [2.05, 4.69) is 9.88 Å². The smallest absolute Gasteiger partial charge is 0.252 e. The van der Waals surface area contributed by atoms with Gasteiger partial charge >= 0.3 is 0 Å². The van der Waals surface area contributed by atoms with Gasteiger partial charge in [0.05, 0.1) is 19.0 Å². The molecule has 7 heteroatoms. The zero-order valence-electron chi connectivity index (χ0n) is 15.8. The Morgan fingerprint density at radius 3 is 2.71 bits per heavy atom. The number of fused-ring (bicyclic) bond motifs is 1. The maximum absolute atomic E-state index is 12.5. The van der Waals surface area contributed by atoms with Crippen molar-refractivity contribution in [2.75, 3.05) is 33.3 Å². The molecule has 4 rings (SSSR count). The highest BCUT2D eigenvalue weighted by molar-refractivity contribution is 7.10. The average Bonchev–Trinajstić information content (AvgIpc) is 3.21. The zero-order chi connectivity index (χ0) is 19.5. The molecule has 1 fully saturated rings. The molecule has 3 aromatic rings. The van der Waals surface area contributed by atoms with Crippen LogP contribution in [0.3, 0.4) is 0 Å². The predicted molar refractivity (Wildman–Crippen MR) is 111 cm³/mol.